The Labute approximate surface area is 225 Å². The maximum atomic E-state index is 8.39. The van der Waals surface area contributed by atoms with Crippen LogP contribution in [0.15, 0.2) is 0 Å². The molecule has 1 unspecified atom stereocenters. The molecule has 2 aliphatic rings. The van der Waals surface area contributed by atoms with Crippen molar-refractivity contribution < 1.29 is 56.2 Å². The highest BCUT2D eigenvalue weighted by atomic mass is 16.3. The summed E-state index contributed by atoms with van der Waals surface area (Å²) in [6.07, 6.45) is 17.1. The van der Waals surface area contributed by atoms with Gasteiger partial charge in [-0.3, -0.25) is 0 Å². The van der Waals surface area contributed by atoms with Crippen LogP contribution in [0.4, 0.5) is 0 Å². The molecule has 0 amide bonds. The molecule has 2 fully saturated rings. The lowest BCUT2D eigenvalue weighted by Crippen LogP contribution is -2.15. The molecule has 2 rings (SSSR count). The predicted octanol–water partition coefficient (Wildman–Crippen LogP) is 0.0658. The molecule has 0 aromatic carbocycles. The van der Waals surface area contributed by atoms with Crippen LogP contribution in [-0.2, 0) is 0 Å². The first-order valence-electron chi connectivity index (χ1n) is 13.7. The van der Waals surface area contributed by atoms with Crippen LogP contribution in [0.3, 0.4) is 0 Å². The van der Waals surface area contributed by atoms with Gasteiger partial charge in [-0.15, -0.1) is 0 Å². The zero-order chi connectivity index (χ0) is 29.4. The van der Waals surface area contributed by atoms with Crippen LogP contribution in [-0.4, -0.2) is 128 Å². The van der Waals surface area contributed by atoms with Crippen molar-refractivity contribution in [1.82, 2.24) is 0 Å². The summed E-state index contributed by atoms with van der Waals surface area (Å²) in [5.41, 5.74) is 0. The Bertz CT molecular complexity index is 269. The Morgan fingerprint density at radius 1 is 0.405 bits per heavy atom. The highest BCUT2D eigenvalue weighted by Crippen LogP contribution is 2.15. The second-order valence-corrected chi connectivity index (χ2v) is 8.32. The topological polar surface area (TPSA) is 223 Å². The molecule has 0 aromatic heterocycles. The summed E-state index contributed by atoms with van der Waals surface area (Å²) in [5.74, 6) is 0. The smallest absolute Gasteiger partial charge is 0.100 e. The van der Waals surface area contributed by atoms with Crippen LogP contribution in [0.1, 0.15) is 96.8 Å². The Balaban J connectivity index is -0.000000108. The fraction of sp³-hybridized carbons (Fsp3) is 1.00. The Morgan fingerprint density at radius 2 is 0.649 bits per heavy atom. The summed E-state index contributed by atoms with van der Waals surface area (Å²) in [6, 6.07) is 0. The third-order valence-corrected chi connectivity index (χ3v) is 4.48. The second kappa shape index (κ2) is 52.1. The van der Waals surface area contributed by atoms with E-state index in [1.807, 2.05) is 0 Å². The normalized spacial score (nSPS) is 14.2. The SMILES string of the molecule is C1CCCC1.C1CCCCC1.CC(O)CCO.OCC(O)CO.OCCCCO.OCCO.OCCO. The van der Waals surface area contributed by atoms with Gasteiger partial charge in [0.2, 0.25) is 0 Å². The molecule has 2 aliphatic carbocycles. The van der Waals surface area contributed by atoms with Gasteiger partial charge in [0.1, 0.15) is 6.10 Å². The molecule has 37 heavy (non-hydrogen) atoms. The molecule has 0 aliphatic heterocycles. The molecule has 11 nitrogen and oxygen atoms in total. The molecule has 0 heterocycles. The van der Waals surface area contributed by atoms with Crippen LogP contribution in [0, 0.1) is 0 Å². The zero-order valence-electron chi connectivity index (χ0n) is 23.3. The monoisotopic (exact) mass is 550 g/mol. The summed E-state index contributed by atoms with van der Waals surface area (Å²) in [6.45, 7) is 0.891. The van der Waals surface area contributed by atoms with Gasteiger partial charge in [-0.2, -0.15) is 0 Å². The molecule has 232 valence electrons. The van der Waals surface area contributed by atoms with Crippen molar-refractivity contribution in [2.45, 2.75) is 109 Å². The summed E-state index contributed by atoms with van der Waals surface area (Å²) < 4.78 is 0. The molecular formula is C26H62O11. The van der Waals surface area contributed by atoms with Gasteiger partial charge in [0.05, 0.1) is 45.7 Å². The number of rotatable bonds is 9. The lowest BCUT2D eigenvalue weighted by molar-refractivity contribution is 0.0450. The Hall–Kier alpha value is -0.440. The summed E-state index contributed by atoms with van der Waals surface area (Å²) in [5, 5.41) is 87.2. The molecule has 1 atom stereocenters. The zero-order valence-corrected chi connectivity index (χ0v) is 23.3. The molecule has 0 aromatic rings. The van der Waals surface area contributed by atoms with Gasteiger partial charge in [-0.05, 0) is 26.2 Å². The van der Waals surface area contributed by atoms with Gasteiger partial charge >= 0.3 is 0 Å². The van der Waals surface area contributed by atoms with E-state index in [0.717, 1.165) is 12.8 Å². The van der Waals surface area contributed by atoms with Crippen molar-refractivity contribution in [1.29, 1.82) is 0 Å². The first-order valence-corrected chi connectivity index (χ1v) is 13.7. The number of hydrogen-bond donors (Lipinski definition) is 11. The van der Waals surface area contributed by atoms with Crippen LogP contribution >= 0.6 is 0 Å². The van der Waals surface area contributed by atoms with E-state index >= 15 is 0 Å². The van der Waals surface area contributed by atoms with Crippen molar-refractivity contribution in [2.24, 2.45) is 0 Å². The largest absolute Gasteiger partial charge is 0.396 e. The molecule has 11 heteroatoms. The van der Waals surface area contributed by atoms with E-state index in [2.05, 4.69) is 0 Å². The minimum Gasteiger partial charge on any atom is -0.396 e. The predicted molar refractivity (Wildman–Crippen MR) is 146 cm³/mol. The minimum absolute atomic E-state index is 0.0810. The molecule has 0 saturated heterocycles. The fourth-order valence-electron chi connectivity index (χ4n) is 2.41. The summed E-state index contributed by atoms with van der Waals surface area (Å²) in [7, 11) is 0. The van der Waals surface area contributed by atoms with Crippen LogP contribution < -0.4 is 0 Å². The quantitative estimate of drug-likeness (QED) is 0.172. The number of aliphatic hydroxyl groups excluding tert-OH is 11. The third kappa shape index (κ3) is 78.7. The second-order valence-electron chi connectivity index (χ2n) is 8.32. The highest BCUT2D eigenvalue weighted by Gasteiger charge is 1.96. The van der Waals surface area contributed by atoms with Crippen LogP contribution in [0.2, 0.25) is 0 Å². The molecule has 0 bridgehead atoms. The van der Waals surface area contributed by atoms with E-state index in [0.29, 0.717) is 6.42 Å². The number of hydrogen-bond acceptors (Lipinski definition) is 11. The third-order valence-electron chi connectivity index (χ3n) is 4.48. The Kier molecular flexibility index (Phi) is 65.3. The average Bonchev–Trinajstić information content (AvgIpc) is 3.54. The molecular weight excluding hydrogens is 488 g/mol. The van der Waals surface area contributed by atoms with E-state index in [9.17, 15) is 0 Å². The molecule has 11 N–H and O–H groups in total. The van der Waals surface area contributed by atoms with Crippen molar-refractivity contribution in [3.05, 3.63) is 0 Å². The van der Waals surface area contributed by atoms with Gasteiger partial charge in [-0.25, -0.2) is 0 Å². The standard InChI is InChI=1S/C6H12.C5H10.2C4H10O2.C3H8O3.2C2H6O2/c1-2-4-6-5-3-1;1-2-4-5-3-1;1-4(6)2-3-5;5-3-1-2-4-6;4-1-3(6)2-5;2*3-1-2-4/h1-6H2;1-5H2;4-6H,2-3H2,1H3;5-6H,1-4H2;3-6H,1-2H2;2*3-4H,1-2H2. The van der Waals surface area contributed by atoms with Crippen molar-refractivity contribution in [3.8, 4) is 0 Å². The van der Waals surface area contributed by atoms with Gasteiger partial charge in [0, 0.05) is 19.8 Å². The van der Waals surface area contributed by atoms with E-state index in [4.69, 9.17) is 56.2 Å². The van der Waals surface area contributed by atoms with Gasteiger partial charge < -0.3 is 56.2 Å². The van der Waals surface area contributed by atoms with Gasteiger partial charge in [0.15, 0.2) is 0 Å². The summed E-state index contributed by atoms with van der Waals surface area (Å²) >= 11 is 0. The summed E-state index contributed by atoms with van der Waals surface area (Å²) in [4.78, 5) is 0. The average molecular weight is 551 g/mol. The molecule has 2 saturated carbocycles. The maximum absolute atomic E-state index is 8.39. The maximum Gasteiger partial charge on any atom is 0.100 e. The van der Waals surface area contributed by atoms with Crippen molar-refractivity contribution in [2.75, 3.05) is 59.5 Å². The number of aliphatic hydroxyl groups is 11. The number of unbranched alkanes of at least 4 members (excludes halogenated alkanes) is 1. The van der Waals surface area contributed by atoms with E-state index in [-0.39, 0.29) is 65.6 Å². The first kappa shape index (κ1) is 46.4. The molecule has 0 spiro atoms. The van der Waals surface area contributed by atoms with E-state index in [1.54, 1.807) is 6.92 Å². The van der Waals surface area contributed by atoms with Crippen LogP contribution in [0.25, 0.3) is 0 Å². The first-order chi connectivity index (χ1) is 17.8. The fourth-order valence-corrected chi connectivity index (χ4v) is 2.41. The molecule has 0 radical (unpaired) electrons. The Morgan fingerprint density at radius 3 is 0.703 bits per heavy atom. The minimum atomic E-state index is -0.954. The van der Waals surface area contributed by atoms with Crippen molar-refractivity contribution in [3.63, 3.8) is 0 Å². The van der Waals surface area contributed by atoms with Gasteiger partial charge in [-0.1, -0.05) is 70.6 Å². The van der Waals surface area contributed by atoms with Crippen molar-refractivity contribution >= 4 is 0 Å². The van der Waals surface area contributed by atoms with Crippen LogP contribution in [0.5, 0.6) is 0 Å². The van der Waals surface area contributed by atoms with E-state index in [1.165, 1.54) is 70.6 Å². The van der Waals surface area contributed by atoms with Gasteiger partial charge in [0.25, 0.3) is 0 Å². The lowest BCUT2D eigenvalue weighted by Gasteiger charge is -2.05. The van der Waals surface area contributed by atoms with E-state index < -0.39 is 6.10 Å². The lowest BCUT2D eigenvalue weighted by atomic mass is 10.0. The highest BCUT2D eigenvalue weighted by molar-refractivity contribution is 4.51.